The van der Waals surface area contributed by atoms with E-state index in [1.807, 2.05) is 0 Å². The summed E-state index contributed by atoms with van der Waals surface area (Å²) in [5.41, 5.74) is 0.847. The minimum Gasteiger partial charge on any atom is -0.352 e. The third-order valence-corrected chi connectivity index (χ3v) is 2.68. The zero-order valence-corrected chi connectivity index (χ0v) is 9.61. The number of hydrogen-bond acceptors (Lipinski definition) is 1. The lowest BCUT2D eigenvalue weighted by Gasteiger charge is -2.05. The van der Waals surface area contributed by atoms with Gasteiger partial charge >= 0.3 is 0 Å². The van der Waals surface area contributed by atoms with E-state index in [1.165, 1.54) is 12.1 Å². The zero-order valence-electron chi connectivity index (χ0n) is 8.03. The van der Waals surface area contributed by atoms with Gasteiger partial charge in [0.15, 0.2) is 0 Å². The lowest BCUT2D eigenvalue weighted by molar-refractivity contribution is 0.0951. The Morgan fingerprint density at radius 2 is 2.21 bits per heavy atom. The first-order valence-electron chi connectivity index (χ1n) is 4.30. The lowest BCUT2D eigenvalue weighted by Crippen LogP contribution is -2.23. The number of rotatable bonds is 2. The largest absolute Gasteiger partial charge is 0.352 e. The van der Waals surface area contributed by atoms with E-state index in [0.29, 0.717) is 6.54 Å². The van der Waals surface area contributed by atoms with Gasteiger partial charge in [-0.3, -0.25) is 4.79 Å². The molecule has 1 aromatic rings. The van der Waals surface area contributed by atoms with Crippen molar-refractivity contribution < 1.29 is 9.18 Å². The van der Waals surface area contributed by atoms with E-state index >= 15 is 0 Å². The molecule has 0 spiro atoms. The molecule has 2 nitrogen and oxygen atoms in total. The van der Waals surface area contributed by atoms with E-state index in [9.17, 15) is 9.18 Å². The van der Waals surface area contributed by atoms with Gasteiger partial charge in [0.05, 0.1) is 5.56 Å². The van der Waals surface area contributed by atoms with E-state index in [-0.39, 0.29) is 11.5 Å². The van der Waals surface area contributed by atoms with Crippen molar-refractivity contribution in [1.29, 1.82) is 0 Å². The summed E-state index contributed by atoms with van der Waals surface area (Å²) in [6.45, 7) is 4.05. The first-order valence-corrected chi connectivity index (χ1v) is 5.09. The molecule has 0 atom stereocenters. The Morgan fingerprint density at radius 3 is 2.79 bits per heavy atom. The number of nitrogens with one attached hydrogen (secondary N) is 1. The summed E-state index contributed by atoms with van der Waals surface area (Å²) >= 11 is 3.25. The maximum Gasteiger partial charge on any atom is 0.254 e. The molecule has 1 amide bonds. The molecule has 0 bridgehead atoms. The van der Waals surface area contributed by atoms with E-state index < -0.39 is 5.82 Å². The SMILES string of the molecule is CCNC(=O)c1cc(Br)c(C)cc1F. The van der Waals surface area contributed by atoms with Gasteiger partial charge in [-0.2, -0.15) is 0 Å². The average molecular weight is 260 g/mol. The molecular weight excluding hydrogens is 249 g/mol. The van der Waals surface area contributed by atoms with Crippen molar-refractivity contribution in [2.24, 2.45) is 0 Å². The Morgan fingerprint density at radius 1 is 1.57 bits per heavy atom. The minimum absolute atomic E-state index is 0.0734. The summed E-state index contributed by atoms with van der Waals surface area (Å²) < 4.78 is 14.1. The fraction of sp³-hybridized carbons (Fsp3) is 0.300. The number of aryl methyl sites for hydroxylation is 1. The van der Waals surface area contributed by atoms with Crippen LogP contribution < -0.4 is 5.32 Å². The number of halogens is 2. The highest BCUT2D eigenvalue weighted by Crippen LogP contribution is 2.20. The lowest BCUT2D eigenvalue weighted by atomic mass is 10.1. The maximum absolute atomic E-state index is 13.3. The number of hydrogen-bond donors (Lipinski definition) is 1. The first kappa shape index (κ1) is 11.2. The summed E-state index contributed by atoms with van der Waals surface area (Å²) in [5.74, 6) is -0.873. The van der Waals surface area contributed by atoms with Gasteiger partial charge in [0, 0.05) is 11.0 Å². The third-order valence-electron chi connectivity index (χ3n) is 1.83. The molecule has 0 unspecified atom stereocenters. The predicted molar refractivity (Wildman–Crippen MR) is 56.8 cm³/mol. The molecule has 0 aromatic heterocycles. The van der Waals surface area contributed by atoms with Crippen molar-refractivity contribution in [2.45, 2.75) is 13.8 Å². The molecule has 14 heavy (non-hydrogen) atoms. The Hall–Kier alpha value is -0.900. The molecule has 76 valence electrons. The van der Waals surface area contributed by atoms with E-state index in [2.05, 4.69) is 21.2 Å². The quantitative estimate of drug-likeness (QED) is 0.870. The van der Waals surface area contributed by atoms with Crippen LogP contribution in [0.25, 0.3) is 0 Å². The van der Waals surface area contributed by atoms with Gasteiger partial charge < -0.3 is 5.32 Å². The number of carbonyl (C=O) groups excluding carboxylic acids is 1. The van der Waals surface area contributed by atoms with Crippen LogP contribution in [0.3, 0.4) is 0 Å². The summed E-state index contributed by atoms with van der Waals surface area (Å²) in [5, 5.41) is 2.55. The Kier molecular flexibility index (Phi) is 3.63. The van der Waals surface area contributed by atoms with Gasteiger partial charge in [0.25, 0.3) is 5.91 Å². The number of amides is 1. The predicted octanol–water partition coefficient (Wildman–Crippen LogP) is 2.65. The topological polar surface area (TPSA) is 29.1 Å². The summed E-state index contributed by atoms with van der Waals surface area (Å²) in [6.07, 6.45) is 0. The van der Waals surface area contributed by atoms with Crippen LogP contribution in [-0.2, 0) is 0 Å². The van der Waals surface area contributed by atoms with Crippen LogP contribution in [0.2, 0.25) is 0 Å². The molecule has 0 saturated carbocycles. The Balaban J connectivity index is 3.09. The summed E-state index contributed by atoms with van der Waals surface area (Å²) in [4.78, 5) is 11.4. The Bertz CT molecular complexity index is 365. The van der Waals surface area contributed by atoms with Crippen LogP contribution in [0.5, 0.6) is 0 Å². The van der Waals surface area contributed by atoms with Gasteiger partial charge in [0.1, 0.15) is 5.82 Å². The molecule has 0 fully saturated rings. The molecule has 1 aromatic carbocycles. The second kappa shape index (κ2) is 4.55. The zero-order chi connectivity index (χ0) is 10.7. The monoisotopic (exact) mass is 259 g/mol. The highest BCUT2D eigenvalue weighted by Gasteiger charge is 2.12. The molecule has 0 heterocycles. The molecule has 0 saturated heterocycles. The molecule has 0 aliphatic rings. The third kappa shape index (κ3) is 2.32. The van der Waals surface area contributed by atoms with Crippen molar-refractivity contribution in [3.05, 3.63) is 33.5 Å². The van der Waals surface area contributed by atoms with Crippen molar-refractivity contribution >= 4 is 21.8 Å². The molecular formula is C10H11BrFNO. The van der Waals surface area contributed by atoms with Gasteiger partial charge in [-0.15, -0.1) is 0 Å². The second-order valence-corrected chi connectivity index (χ2v) is 3.80. The highest BCUT2D eigenvalue weighted by molar-refractivity contribution is 9.10. The molecule has 1 N–H and O–H groups in total. The minimum atomic E-state index is -0.489. The van der Waals surface area contributed by atoms with Crippen molar-refractivity contribution in [2.75, 3.05) is 6.54 Å². The molecule has 0 aliphatic heterocycles. The van der Waals surface area contributed by atoms with Crippen molar-refractivity contribution in [3.63, 3.8) is 0 Å². The van der Waals surface area contributed by atoms with E-state index in [4.69, 9.17) is 0 Å². The highest BCUT2D eigenvalue weighted by atomic mass is 79.9. The van der Waals surface area contributed by atoms with E-state index in [0.717, 1.165) is 10.0 Å². The van der Waals surface area contributed by atoms with Crippen LogP contribution >= 0.6 is 15.9 Å². The molecule has 0 aliphatic carbocycles. The maximum atomic E-state index is 13.3. The van der Waals surface area contributed by atoms with Crippen LogP contribution in [-0.4, -0.2) is 12.5 Å². The van der Waals surface area contributed by atoms with Crippen LogP contribution in [0.4, 0.5) is 4.39 Å². The van der Waals surface area contributed by atoms with Crippen LogP contribution in [0.1, 0.15) is 22.8 Å². The number of carbonyl (C=O) groups is 1. The second-order valence-electron chi connectivity index (χ2n) is 2.94. The fourth-order valence-corrected chi connectivity index (χ4v) is 1.42. The van der Waals surface area contributed by atoms with E-state index in [1.54, 1.807) is 13.8 Å². The van der Waals surface area contributed by atoms with Crippen molar-refractivity contribution in [1.82, 2.24) is 5.32 Å². The summed E-state index contributed by atoms with van der Waals surface area (Å²) in [7, 11) is 0. The Labute approximate surface area is 90.6 Å². The standard InChI is InChI=1S/C10H11BrFNO/c1-3-13-10(14)7-5-8(11)6(2)4-9(7)12/h4-5H,3H2,1-2H3,(H,13,14). The van der Waals surface area contributed by atoms with Crippen molar-refractivity contribution in [3.8, 4) is 0 Å². The van der Waals surface area contributed by atoms with Crippen LogP contribution in [0, 0.1) is 12.7 Å². The van der Waals surface area contributed by atoms with Gasteiger partial charge in [-0.1, -0.05) is 15.9 Å². The van der Waals surface area contributed by atoms with Gasteiger partial charge in [0.2, 0.25) is 0 Å². The normalized spacial score (nSPS) is 10.0. The van der Waals surface area contributed by atoms with Gasteiger partial charge in [-0.05, 0) is 31.5 Å². The fourth-order valence-electron chi connectivity index (χ4n) is 1.08. The molecule has 4 heteroatoms. The molecule has 1 rings (SSSR count). The number of benzene rings is 1. The van der Waals surface area contributed by atoms with Crippen LogP contribution in [0.15, 0.2) is 16.6 Å². The average Bonchev–Trinajstić information content (AvgIpc) is 2.11. The summed E-state index contributed by atoms with van der Waals surface area (Å²) in [6, 6.07) is 2.84. The first-order chi connectivity index (χ1) is 6.56. The molecule has 0 radical (unpaired) electrons. The van der Waals surface area contributed by atoms with Gasteiger partial charge in [-0.25, -0.2) is 4.39 Å². The smallest absolute Gasteiger partial charge is 0.254 e.